The van der Waals surface area contributed by atoms with Gasteiger partial charge in [-0.3, -0.25) is 14.9 Å². The molecule has 3 rings (SSSR count). The molecule has 0 aliphatic carbocycles. The zero-order valence-corrected chi connectivity index (χ0v) is 14.6. The zero-order chi connectivity index (χ0) is 18.8. The fourth-order valence-electron chi connectivity index (χ4n) is 3.55. The van der Waals surface area contributed by atoms with Gasteiger partial charge >= 0.3 is 5.97 Å². The summed E-state index contributed by atoms with van der Waals surface area (Å²) >= 11 is 0. The minimum absolute atomic E-state index is 0.0312. The van der Waals surface area contributed by atoms with Crippen molar-refractivity contribution >= 4 is 17.6 Å². The molecule has 2 aliphatic rings. The van der Waals surface area contributed by atoms with Crippen LogP contribution < -0.4 is 0 Å². The Kier molecular flexibility index (Phi) is 4.92. The Labute approximate surface area is 150 Å². The lowest BCUT2D eigenvalue weighted by Gasteiger charge is -2.30. The van der Waals surface area contributed by atoms with Crippen LogP contribution in [-0.4, -0.2) is 41.4 Å². The van der Waals surface area contributed by atoms with Crippen LogP contribution in [0.15, 0.2) is 36.1 Å². The number of esters is 1. The molecule has 8 nitrogen and oxygen atoms in total. The molecule has 2 bridgehead atoms. The second kappa shape index (κ2) is 7.15. The van der Waals surface area contributed by atoms with Crippen LogP contribution in [-0.2, 0) is 25.7 Å². The van der Waals surface area contributed by atoms with E-state index in [1.807, 2.05) is 13.0 Å². The summed E-state index contributed by atoms with van der Waals surface area (Å²) in [5.41, 5.74) is 0.594. The van der Waals surface area contributed by atoms with Crippen LogP contribution in [0.2, 0.25) is 0 Å². The van der Waals surface area contributed by atoms with Gasteiger partial charge in [0.25, 0.3) is 5.69 Å². The van der Waals surface area contributed by atoms with E-state index in [1.54, 1.807) is 0 Å². The van der Waals surface area contributed by atoms with E-state index < -0.39 is 16.9 Å². The highest BCUT2D eigenvalue weighted by atomic mass is 16.6. The Morgan fingerprint density at radius 1 is 1.35 bits per heavy atom. The maximum absolute atomic E-state index is 12.6. The first-order valence-electron chi connectivity index (χ1n) is 8.42. The van der Waals surface area contributed by atoms with Gasteiger partial charge < -0.3 is 14.4 Å². The van der Waals surface area contributed by atoms with E-state index in [-0.39, 0.29) is 30.0 Å². The van der Waals surface area contributed by atoms with Gasteiger partial charge in [0.15, 0.2) is 6.04 Å². The monoisotopic (exact) mass is 360 g/mol. The van der Waals surface area contributed by atoms with Crippen molar-refractivity contribution in [1.82, 2.24) is 4.90 Å². The third kappa shape index (κ3) is 3.14. The molecule has 1 aromatic carbocycles. The molecule has 3 atom stereocenters. The lowest BCUT2D eigenvalue weighted by Crippen LogP contribution is -2.46. The Morgan fingerprint density at radius 3 is 2.62 bits per heavy atom. The van der Waals surface area contributed by atoms with Crippen LogP contribution in [0.4, 0.5) is 5.69 Å². The highest BCUT2D eigenvalue weighted by molar-refractivity contribution is 5.90. The Balaban J connectivity index is 1.70. The summed E-state index contributed by atoms with van der Waals surface area (Å²) in [5.74, 6) is -0.272. The normalized spacial score (nSPS) is 24.2. The van der Waals surface area contributed by atoms with E-state index in [1.165, 1.54) is 36.3 Å². The van der Waals surface area contributed by atoms with Crippen molar-refractivity contribution in [2.24, 2.45) is 11.8 Å². The molecule has 1 saturated heterocycles. The number of benzene rings is 1. The SMILES string of the molecule is CC[C@@H]1C(=O)N2C[C@@H]1C=C(OC)C2C(=O)OCc1ccc([N+](=O)[O-])cc1. The summed E-state index contributed by atoms with van der Waals surface area (Å²) < 4.78 is 10.7. The average Bonchev–Trinajstić information content (AvgIpc) is 2.89. The average molecular weight is 360 g/mol. The number of nitro groups is 1. The van der Waals surface area contributed by atoms with Crippen molar-refractivity contribution < 1.29 is 24.0 Å². The minimum Gasteiger partial charge on any atom is -0.499 e. The molecule has 0 saturated carbocycles. The molecule has 0 aromatic heterocycles. The number of nitrogens with zero attached hydrogens (tertiary/aromatic N) is 2. The molecule has 2 aliphatic heterocycles. The first-order chi connectivity index (χ1) is 12.5. The first-order valence-corrected chi connectivity index (χ1v) is 8.42. The Bertz CT molecular complexity index is 757. The molecule has 0 radical (unpaired) electrons. The van der Waals surface area contributed by atoms with Crippen molar-refractivity contribution in [3.05, 3.63) is 51.8 Å². The lowest BCUT2D eigenvalue weighted by atomic mass is 9.91. The van der Waals surface area contributed by atoms with E-state index in [2.05, 4.69) is 0 Å². The van der Waals surface area contributed by atoms with Gasteiger partial charge in [0.1, 0.15) is 12.4 Å². The molecule has 1 amide bonds. The summed E-state index contributed by atoms with van der Waals surface area (Å²) in [6.45, 7) is 2.40. The third-order valence-electron chi connectivity index (χ3n) is 4.91. The van der Waals surface area contributed by atoms with Crippen molar-refractivity contribution in [1.29, 1.82) is 0 Å². The van der Waals surface area contributed by atoms with Gasteiger partial charge in [0.2, 0.25) is 5.91 Å². The maximum Gasteiger partial charge on any atom is 0.337 e. The number of rotatable bonds is 6. The van der Waals surface area contributed by atoms with E-state index >= 15 is 0 Å². The highest BCUT2D eigenvalue weighted by Crippen LogP contribution is 2.37. The van der Waals surface area contributed by atoms with E-state index in [9.17, 15) is 19.7 Å². The predicted molar refractivity (Wildman–Crippen MR) is 90.8 cm³/mol. The van der Waals surface area contributed by atoms with Crippen molar-refractivity contribution in [3.8, 4) is 0 Å². The number of fused-ring (bicyclic) bond motifs is 2. The molecule has 8 heteroatoms. The highest BCUT2D eigenvalue weighted by Gasteiger charge is 2.49. The second-order valence-corrected chi connectivity index (χ2v) is 6.38. The number of carbonyl (C=O) groups excluding carboxylic acids is 2. The summed E-state index contributed by atoms with van der Waals surface area (Å²) in [4.78, 5) is 36.8. The van der Waals surface area contributed by atoms with Crippen LogP contribution in [0, 0.1) is 22.0 Å². The molecule has 1 unspecified atom stereocenters. The molecule has 1 aromatic rings. The summed E-state index contributed by atoms with van der Waals surface area (Å²) in [7, 11) is 1.47. The molecular weight excluding hydrogens is 340 g/mol. The molecule has 26 heavy (non-hydrogen) atoms. The van der Waals surface area contributed by atoms with Gasteiger partial charge in [0, 0.05) is 30.5 Å². The van der Waals surface area contributed by atoms with Crippen LogP contribution in [0.3, 0.4) is 0 Å². The maximum atomic E-state index is 12.6. The third-order valence-corrected chi connectivity index (χ3v) is 4.91. The number of methoxy groups -OCH3 is 1. The minimum atomic E-state index is -0.877. The van der Waals surface area contributed by atoms with Gasteiger partial charge in [-0.05, 0) is 30.2 Å². The number of non-ortho nitro benzene ring substituents is 1. The van der Waals surface area contributed by atoms with E-state index in [0.29, 0.717) is 24.3 Å². The van der Waals surface area contributed by atoms with Gasteiger partial charge in [-0.25, -0.2) is 4.79 Å². The standard InChI is InChI=1S/C18H20N2O6/c1-3-14-12-8-15(25-2)16(19(9-12)17(14)21)18(22)26-10-11-4-6-13(7-5-11)20(23)24/h4-8,12,14,16H,3,9-10H2,1-2H3/t12-,14-,16?/m0/s1. The van der Waals surface area contributed by atoms with Crippen LogP contribution >= 0.6 is 0 Å². The smallest absolute Gasteiger partial charge is 0.337 e. The van der Waals surface area contributed by atoms with E-state index in [0.717, 1.165) is 0 Å². The molecule has 0 spiro atoms. The van der Waals surface area contributed by atoms with Crippen LogP contribution in [0.1, 0.15) is 18.9 Å². The molecule has 0 N–H and O–H groups in total. The van der Waals surface area contributed by atoms with Crippen molar-refractivity contribution in [3.63, 3.8) is 0 Å². The topological polar surface area (TPSA) is 99.0 Å². The molecule has 1 fully saturated rings. The Morgan fingerprint density at radius 2 is 2.04 bits per heavy atom. The number of carbonyl (C=O) groups is 2. The number of amides is 1. The number of hydrogen-bond donors (Lipinski definition) is 0. The van der Waals surface area contributed by atoms with E-state index in [4.69, 9.17) is 9.47 Å². The fourth-order valence-corrected chi connectivity index (χ4v) is 3.55. The largest absolute Gasteiger partial charge is 0.499 e. The number of ether oxygens (including phenoxy) is 2. The van der Waals surface area contributed by atoms with Crippen LogP contribution in [0.5, 0.6) is 0 Å². The fraction of sp³-hybridized carbons (Fsp3) is 0.444. The Hall–Kier alpha value is -2.90. The number of nitro benzene ring substituents is 1. The lowest BCUT2D eigenvalue weighted by molar-refractivity contribution is -0.384. The summed E-state index contributed by atoms with van der Waals surface area (Å²) in [6.07, 6.45) is 2.56. The molecular formula is C18H20N2O6. The van der Waals surface area contributed by atoms with Crippen LogP contribution in [0.25, 0.3) is 0 Å². The summed E-state index contributed by atoms with van der Waals surface area (Å²) in [6, 6.07) is 4.89. The van der Waals surface area contributed by atoms with Crippen molar-refractivity contribution in [2.45, 2.75) is 26.0 Å². The van der Waals surface area contributed by atoms with Gasteiger partial charge in [0.05, 0.1) is 12.0 Å². The second-order valence-electron chi connectivity index (χ2n) is 6.38. The quantitative estimate of drug-likeness (QED) is 0.437. The van der Waals surface area contributed by atoms with Gasteiger partial charge in [-0.15, -0.1) is 0 Å². The van der Waals surface area contributed by atoms with Gasteiger partial charge in [-0.1, -0.05) is 6.92 Å². The molecule has 138 valence electrons. The molecule has 2 heterocycles. The zero-order valence-electron chi connectivity index (χ0n) is 14.6. The van der Waals surface area contributed by atoms with Gasteiger partial charge in [-0.2, -0.15) is 0 Å². The number of hydrogen-bond acceptors (Lipinski definition) is 6. The summed E-state index contributed by atoms with van der Waals surface area (Å²) in [5, 5.41) is 10.7. The van der Waals surface area contributed by atoms with Crippen molar-refractivity contribution in [2.75, 3.05) is 13.7 Å². The first kappa shape index (κ1) is 17.9. The predicted octanol–water partition coefficient (Wildman–Crippen LogP) is 2.04.